The van der Waals surface area contributed by atoms with Crippen molar-refractivity contribution in [2.24, 2.45) is 15.9 Å². The molecule has 2 rings (SSSR count). The van der Waals surface area contributed by atoms with Gasteiger partial charge in [0.2, 0.25) is 0 Å². The molecule has 0 aromatic carbocycles. The summed E-state index contributed by atoms with van der Waals surface area (Å²) in [7, 11) is 0. The van der Waals surface area contributed by atoms with Gasteiger partial charge >= 0.3 is 0 Å². The van der Waals surface area contributed by atoms with Gasteiger partial charge in [0.1, 0.15) is 0 Å². The van der Waals surface area contributed by atoms with Crippen molar-refractivity contribution >= 4 is 12.1 Å². The SMILES string of the molecule is CCCCC1=NC2C=CC=CC2[C-]=N1.[Y]. The average molecular weight is 276 g/mol. The molecule has 2 nitrogen and oxygen atoms in total. The Balaban J connectivity index is 0.00000112. The van der Waals surface area contributed by atoms with E-state index in [1.54, 1.807) is 0 Å². The normalized spacial score (nSPS) is 26.9. The van der Waals surface area contributed by atoms with Gasteiger partial charge in [-0.2, -0.15) is 6.21 Å². The zero-order chi connectivity index (χ0) is 9.80. The van der Waals surface area contributed by atoms with Gasteiger partial charge in [-0.1, -0.05) is 50.5 Å². The topological polar surface area (TPSA) is 24.7 Å². The van der Waals surface area contributed by atoms with Gasteiger partial charge in [0, 0.05) is 38.8 Å². The van der Waals surface area contributed by atoms with Crippen LogP contribution in [0.4, 0.5) is 0 Å². The smallest absolute Gasteiger partial charge is 0.0447 e. The second-order valence-electron chi connectivity index (χ2n) is 3.68. The van der Waals surface area contributed by atoms with E-state index in [9.17, 15) is 0 Å². The summed E-state index contributed by atoms with van der Waals surface area (Å²) in [6.07, 6.45) is 14.8. The molecule has 0 aromatic rings. The van der Waals surface area contributed by atoms with Crippen LogP contribution >= 0.6 is 0 Å². The predicted molar refractivity (Wildman–Crippen MR) is 60.0 cm³/mol. The number of allylic oxidation sites excluding steroid dienone is 2. The first kappa shape index (κ1) is 13.0. The molecule has 0 N–H and O–H groups in total. The minimum Gasteiger partial charge on any atom is -0.443 e. The van der Waals surface area contributed by atoms with Crippen LogP contribution in [0.1, 0.15) is 26.2 Å². The average Bonchev–Trinajstić information content (AvgIpc) is 2.26. The molecular weight excluding hydrogens is 261 g/mol. The Bertz CT molecular complexity index is 316. The van der Waals surface area contributed by atoms with Crippen molar-refractivity contribution in [2.75, 3.05) is 0 Å². The predicted octanol–water partition coefficient (Wildman–Crippen LogP) is 2.64. The van der Waals surface area contributed by atoms with E-state index in [1.807, 2.05) is 6.08 Å². The van der Waals surface area contributed by atoms with Gasteiger partial charge in [-0.25, -0.2) is 0 Å². The van der Waals surface area contributed by atoms with Crippen LogP contribution in [0.3, 0.4) is 0 Å². The van der Waals surface area contributed by atoms with E-state index < -0.39 is 0 Å². The molecule has 0 amide bonds. The monoisotopic (exact) mass is 276 g/mol. The molecule has 1 heterocycles. The molecule has 0 spiro atoms. The number of hydrogen-bond donors (Lipinski definition) is 0. The molecular formula is C12H15N2Y-. The van der Waals surface area contributed by atoms with Gasteiger partial charge in [-0.15, -0.1) is 0 Å². The van der Waals surface area contributed by atoms with Crippen molar-refractivity contribution in [2.45, 2.75) is 32.2 Å². The zero-order valence-corrected chi connectivity index (χ0v) is 11.9. The molecule has 15 heavy (non-hydrogen) atoms. The van der Waals surface area contributed by atoms with Crippen molar-refractivity contribution in [1.29, 1.82) is 0 Å². The quantitative estimate of drug-likeness (QED) is 0.708. The molecule has 2 unspecified atom stereocenters. The van der Waals surface area contributed by atoms with Gasteiger partial charge in [0.15, 0.2) is 0 Å². The third kappa shape index (κ3) is 3.46. The maximum Gasteiger partial charge on any atom is 0.0447 e. The summed E-state index contributed by atoms with van der Waals surface area (Å²) in [5.74, 6) is 1.23. The molecule has 0 bridgehead atoms. The molecule has 0 fully saturated rings. The van der Waals surface area contributed by atoms with E-state index in [4.69, 9.17) is 0 Å². The number of aliphatic imine (C=N–C) groups is 2. The van der Waals surface area contributed by atoms with Crippen molar-refractivity contribution in [1.82, 2.24) is 0 Å². The molecule has 1 aliphatic carbocycles. The molecule has 77 valence electrons. The van der Waals surface area contributed by atoms with Crippen LogP contribution in [-0.2, 0) is 32.7 Å². The number of fused-ring (bicyclic) bond motifs is 1. The first-order valence-electron chi connectivity index (χ1n) is 5.28. The third-order valence-corrected chi connectivity index (χ3v) is 2.50. The van der Waals surface area contributed by atoms with E-state index in [-0.39, 0.29) is 44.7 Å². The van der Waals surface area contributed by atoms with Crippen molar-refractivity contribution < 1.29 is 32.7 Å². The molecule has 0 saturated carbocycles. The van der Waals surface area contributed by atoms with Gasteiger partial charge in [-0.05, 0) is 11.8 Å². The van der Waals surface area contributed by atoms with Crippen LogP contribution in [0, 0.1) is 5.92 Å². The van der Waals surface area contributed by atoms with E-state index >= 15 is 0 Å². The Hall–Kier alpha value is -0.0761. The Morgan fingerprint density at radius 2 is 2.13 bits per heavy atom. The molecule has 2 atom stereocenters. The number of hydrogen-bond acceptors (Lipinski definition) is 2. The largest absolute Gasteiger partial charge is 0.443 e. The first-order chi connectivity index (χ1) is 6.90. The Morgan fingerprint density at radius 3 is 2.93 bits per heavy atom. The summed E-state index contributed by atoms with van der Waals surface area (Å²) >= 11 is 0. The number of unbranched alkanes of at least 4 members (excludes halogenated alkanes) is 1. The summed E-state index contributed by atoms with van der Waals surface area (Å²) < 4.78 is 0. The molecule has 3 heteroatoms. The number of nitrogens with zero attached hydrogens (tertiary/aromatic N) is 2. The fourth-order valence-electron chi connectivity index (χ4n) is 1.64. The third-order valence-electron chi connectivity index (χ3n) is 2.50. The standard InChI is InChI=1S/C12H15N2.Y/c1-2-3-8-12-13-9-10-6-4-5-7-11(10)14-12;/h4-7,10-11H,2-3,8H2,1H3;/q-1;. The second-order valence-corrected chi connectivity index (χ2v) is 3.68. The summed E-state index contributed by atoms with van der Waals surface area (Å²) in [6.45, 7) is 2.18. The van der Waals surface area contributed by atoms with Gasteiger partial charge in [-0.3, -0.25) is 0 Å². The Labute approximate surface area is 117 Å². The van der Waals surface area contributed by atoms with Crippen LogP contribution in [0.5, 0.6) is 0 Å². The first-order valence-corrected chi connectivity index (χ1v) is 5.28. The summed E-state index contributed by atoms with van der Waals surface area (Å²) in [5, 5.41) is 0. The van der Waals surface area contributed by atoms with Gasteiger partial charge in [0.25, 0.3) is 0 Å². The van der Waals surface area contributed by atoms with Crippen LogP contribution in [0.2, 0.25) is 0 Å². The number of rotatable bonds is 3. The summed E-state index contributed by atoms with van der Waals surface area (Å²) in [6, 6.07) is 0.254. The molecule has 0 saturated heterocycles. The fourth-order valence-corrected chi connectivity index (χ4v) is 1.64. The molecule has 1 radical (unpaired) electrons. The van der Waals surface area contributed by atoms with Crippen LogP contribution in [0.25, 0.3) is 0 Å². The van der Waals surface area contributed by atoms with Crippen molar-refractivity contribution in [3.8, 4) is 0 Å². The Kier molecular flexibility index (Phi) is 5.62. The van der Waals surface area contributed by atoms with E-state index in [0.29, 0.717) is 0 Å². The maximum absolute atomic E-state index is 4.59. The van der Waals surface area contributed by atoms with E-state index in [1.165, 1.54) is 12.8 Å². The minimum atomic E-state index is 0. The summed E-state index contributed by atoms with van der Waals surface area (Å²) in [4.78, 5) is 8.86. The molecule has 0 aromatic heterocycles. The van der Waals surface area contributed by atoms with E-state index in [2.05, 4.69) is 41.4 Å². The van der Waals surface area contributed by atoms with Crippen LogP contribution in [0.15, 0.2) is 34.3 Å². The van der Waals surface area contributed by atoms with Crippen LogP contribution in [-0.4, -0.2) is 18.1 Å². The Morgan fingerprint density at radius 1 is 1.33 bits per heavy atom. The summed E-state index contributed by atoms with van der Waals surface area (Å²) in [5.41, 5.74) is 0. The van der Waals surface area contributed by atoms with Crippen LogP contribution < -0.4 is 0 Å². The van der Waals surface area contributed by atoms with Gasteiger partial charge in [0.05, 0.1) is 0 Å². The maximum atomic E-state index is 4.59. The van der Waals surface area contributed by atoms with E-state index in [0.717, 1.165) is 12.3 Å². The minimum absolute atomic E-state index is 0. The number of amidine groups is 1. The zero-order valence-electron chi connectivity index (χ0n) is 9.06. The second kappa shape index (κ2) is 6.49. The molecule has 2 aliphatic rings. The van der Waals surface area contributed by atoms with Gasteiger partial charge < -0.3 is 9.98 Å². The van der Waals surface area contributed by atoms with Crippen molar-refractivity contribution in [3.05, 3.63) is 24.3 Å². The molecule has 1 aliphatic heterocycles. The fraction of sp³-hybridized carbons (Fsp3) is 0.500. The van der Waals surface area contributed by atoms with Crippen molar-refractivity contribution in [3.63, 3.8) is 0 Å².